The van der Waals surface area contributed by atoms with Crippen LogP contribution in [0.2, 0.25) is 0 Å². The standard InChI is InChI=1S/C20H24N2O4/c1-14-9-10-18(25-3)15(11-14)12-22(2)13-19(23)21-17-8-6-5-7-16(17)20(24)26-4/h5-11H,12-13H2,1-4H3,(H,21,23). The van der Waals surface area contributed by atoms with E-state index in [1.807, 2.05) is 37.1 Å². The second-order valence-electron chi connectivity index (χ2n) is 6.07. The minimum atomic E-state index is -0.487. The summed E-state index contributed by atoms with van der Waals surface area (Å²) < 4.78 is 10.1. The van der Waals surface area contributed by atoms with Gasteiger partial charge in [-0.1, -0.05) is 29.8 Å². The summed E-state index contributed by atoms with van der Waals surface area (Å²) >= 11 is 0. The average Bonchev–Trinajstić information content (AvgIpc) is 2.61. The number of likely N-dealkylation sites (N-methyl/N-ethyl adjacent to an activating group) is 1. The van der Waals surface area contributed by atoms with E-state index in [-0.39, 0.29) is 12.5 Å². The van der Waals surface area contributed by atoms with Gasteiger partial charge >= 0.3 is 5.97 Å². The molecule has 0 aliphatic rings. The lowest BCUT2D eigenvalue weighted by Gasteiger charge is -2.19. The molecule has 0 atom stereocenters. The van der Waals surface area contributed by atoms with Crippen molar-refractivity contribution in [1.29, 1.82) is 0 Å². The van der Waals surface area contributed by atoms with Crippen LogP contribution in [0.4, 0.5) is 5.69 Å². The van der Waals surface area contributed by atoms with Crippen LogP contribution in [0, 0.1) is 6.92 Å². The van der Waals surface area contributed by atoms with Crippen molar-refractivity contribution in [2.45, 2.75) is 13.5 Å². The Labute approximate surface area is 153 Å². The van der Waals surface area contributed by atoms with Gasteiger partial charge in [0, 0.05) is 12.1 Å². The van der Waals surface area contributed by atoms with Crippen LogP contribution in [0.3, 0.4) is 0 Å². The third-order valence-corrected chi connectivity index (χ3v) is 3.90. The topological polar surface area (TPSA) is 67.9 Å². The number of esters is 1. The normalized spacial score (nSPS) is 10.5. The maximum atomic E-state index is 12.4. The molecule has 0 fully saturated rings. The zero-order chi connectivity index (χ0) is 19.1. The lowest BCUT2D eigenvalue weighted by atomic mass is 10.1. The van der Waals surface area contributed by atoms with Gasteiger partial charge in [-0.3, -0.25) is 9.69 Å². The molecule has 6 heteroatoms. The molecule has 2 rings (SSSR count). The molecular weight excluding hydrogens is 332 g/mol. The van der Waals surface area contributed by atoms with Crippen LogP contribution in [0.25, 0.3) is 0 Å². The van der Waals surface area contributed by atoms with Crippen LogP contribution in [0.5, 0.6) is 5.75 Å². The first-order valence-electron chi connectivity index (χ1n) is 8.24. The number of hydrogen-bond acceptors (Lipinski definition) is 5. The number of ether oxygens (including phenoxy) is 2. The number of carbonyl (C=O) groups excluding carboxylic acids is 2. The number of anilines is 1. The van der Waals surface area contributed by atoms with Crippen LogP contribution in [-0.4, -0.2) is 44.6 Å². The predicted molar refractivity (Wildman–Crippen MR) is 100 cm³/mol. The zero-order valence-electron chi connectivity index (χ0n) is 15.5. The first kappa shape index (κ1) is 19.5. The Balaban J connectivity index is 2.02. The van der Waals surface area contributed by atoms with Gasteiger partial charge in [0.25, 0.3) is 0 Å². The van der Waals surface area contributed by atoms with Gasteiger partial charge in [-0.2, -0.15) is 0 Å². The lowest BCUT2D eigenvalue weighted by Crippen LogP contribution is -2.30. The van der Waals surface area contributed by atoms with Crippen molar-refractivity contribution in [1.82, 2.24) is 4.90 Å². The average molecular weight is 356 g/mol. The number of carbonyl (C=O) groups is 2. The lowest BCUT2D eigenvalue weighted by molar-refractivity contribution is -0.117. The van der Waals surface area contributed by atoms with Gasteiger partial charge in [0.05, 0.1) is 32.0 Å². The summed E-state index contributed by atoms with van der Waals surface area (Å²) in [5.41, 5.74) is 2.90. The largest absolute Gasteiger partial charge is 0.496 e. The predicted octanol–water partition coefficient (Wildman–Crippen LogP) is 2.86. The molecule has 2 aromatic rings. The van der Waals surface area contributed by atoms with Crippen LogP contribution < -0.4 is 10.1 Å². The molecule has 26 heavy (non-hydrogen) atoms. The number of hydrogen-bond donors (Lipinski definition) is 1. The van der Waals surface area contributed by atoms with Gasteiger partial charge in [-0.15, -0.1) is 0 Å². The summed E-state index contributed by atoms with van der Waals surface area (Å²) in [7, 11) is 4.79. The van der Waals surface area contributed by atoms with Gasteiger partial charge in [0.15, 0.2) is 0 Å². The highest BCUT2D eigenvalue weighted by Gasteiger charge is 2.15. The molecular formula is C20H24N2O4. The van der Waals surface area contributed by atoms with E-state index in [9.17, 15) is 9.59 Å². The summed E-state index contributed by atoms with van der Waals surface area (Å²) in [5.74, 6) is 0.0909. The maximum Gasteiger partial charge on any atom is 0.339 e. The Bertz CT molecular complexity index is 789. The molecule has 6 nitrogen and oxygen atoms in total. The number of para-hydroxylation sites is 1. The van der Waals surface area contributed by atoms with Crippen LogP contribution in [0.15, 0.2) is 42.5 Å². The summed E-state index contributed by atoms with van der Waals surface area (Å²) in [6.07, 6.45) is 0. The Kier molecular flexibility index (Phi) is 6.74. The van der Waals surface area contributed by atoms with E-state index >= 15 is 0 Å². The fourth-order valence-corrected chi connectivity index (χ4v) is 2.69. The molecule has 0 aliphatic carbocycles. The highest BCUT2D eigenvalue weighted by atomic mass is 16.5. The Morgan fingerprint density at radius 2 is 1.85 bits per heavy atom. The molecule has 0 aromatic heterocycles. The number of amides is 1. The highest BCUT2D eigenvalue weighted by molar-refractivity contribution is 6.01. The maximum absolute atomic E-state index is 12.4. The van der Waals surface area contributed by atoms with Crippen molar-refractivity contribution in [2.24, 2.45) is 0 Å². The molecule has 0 spiro atoms. The van der Waals surface area contributed by atoms with E-state index in [0.29, 0.717) is 17.8 Å². The van der Waals surface area contributed by atoms with Gasteiger partial charge < -0.3 is 14.8 Å². The first-order chi connectivity index (χ1) is 12.4. The van der Waals surface area contributed by atoms with Gasteiger partial charge in [-0.05, 0) is 32.2 Å². The second-order valence-corrected chi connectivity index (χ2v) is 6.07. The van der Waals surface area contributed by atoms with Crippen molar-refractivity contribution in [3.63, 3.8) is 0 Å². The van der Waals surface area contributed by atoms with Crippen molar-refractivity contribution in [3.05, 3.63) is 59.2 Å². The van der Waals surface area contributed by atoms with Crippen molar-refractivity contribution < 1.29 is 19.1 Å². The van der Waals surface area contributed by atoms with Crippen molar-refractivity contribution >= 4 is 17.6 Å². The van der Waals surface area contributed by atoms with E-state index in [1.165, 1.54) is 7.11 Å². The summed E-state index contributed by atoms with van der Waals surface area (Å²) in [6.45, 7) is 2.75. The molecule has 1 amide bonds. The monoisotopic (exact) mass is 356 g/mol. The number of nitrogens with zero attached hydrogens (tertiary/aromatic N) is 1. The Hall–Kier alpha value is -2.86. The quantitative estimate of drug-likeness (QED) is 0.773. The second kappa shape index (κ2) is 9.01. The number of aryl methyl sites for hydroxylation is 1. The zero-order valence-corrected chi connectivity index (χ0v) is 15.5. The molecule has 0 radical (unpaired) electrons. The van der Waals surface area contributed by atoms with E-state index in [0.717, 1.165) is 16.9 Å². The first-order valence-corrected chi connectivity index (χ1v) is 8.24. The summed E-state index contributed by atoms with van der Waals surface area (Å²) in [6, 6.07) is 12.7. The molecule has 0 saturated carbocycles. The third-order valence-electron chi connectivity index (χ3n) is 3.90. The fraction of sp³-hybridized carbons (Fsp3) is 0.300. The van der Waals surface area contributed by atoms with E-state index < -0.39 is 5.97 Å². The van der Waals surface area contributed by atoms with Crippen molar-refractivity contribution in [3.8, 4) is 5.75 Å². The Morgan fingerprint density at radius 1 is 1.12 bits per heavy atom. The fourth-order valence-electron chi connectivity index (χ4n) is 2.69. The molecule has 0 bridgehead atoms. The number of nitrogens with one attached hydrogen (secondary N) is 1. The smallest absolute Gasteiger partial charge is 0.339 e. The van der Waals surface area contributed by atoms with Gasteiger partial charge in [0.1, 0.15) is 5.75 Å². The molecule has 2 aromatic carbocycles. The van der Waals surface area contributed by atoms with Crippen LogP contribution in [-0.2, 0) is 16.1 Å². The molecule has 1 N–H and O–H groups in total. The van der Waals surface area contributed by atoms with E-state index in [4.69, 9.17) is 9.47 Å². The van der Waals surface area contributed by atoms with Gasteiger partial charge in [-0.25, -0.2) is 4.79 Å². The van der Waals surface area contributed by atoms with Gasteiger partial charge in [0.2, 0.25) is 5.91 Å². The highest BCUT2D eigenvalue weighted by Crippen LogP contribution is 2.21. The summed E-state index contributed by atoms with van der Waals surface area (Å²) in [4.78, 5) is 26.0. The number of benzene rings is 2. The van der Waals surface area contributed by atoms with Crippen LogP contribution >= 0.6 is 0 Å². The Morgan fingerprint density at radius 3 is 2.54 bits per heavy atom. The molecule has 0 saturated heterocycles. The molecule has 0 unspecified atom stereocenters. The number of rotatable bonds is 7. The molecule has 0 heterocycles. The van der Waals surface area contributed by atoms with Crippen LogP contribution in [0.1, 0.15) is 21.5 Å². The molecule has 0 aliphatic heterocycles. The van der Waals surface area contributed by atoms with E-state index in [1.54, 1.807) is 31.4 Å². The summed E-state index contributed by atoms with van der Waals surface area (Å²) in [5, 5.41) is 2.77. The number of methoxy groups -OCH3 is 2. The minimum absolute atomic E-state index is 0.173. The SMILES string of the molecule is COC(=O)c1ccccc1NC(=O)CN(C)Cc1cc(C)ccc1OC. The molecule has 138 valence electrons. The van der Waals surface area contributed by atoms with Crippen molar-refractivity contribution in [2.75, 3.05) is 33.1 Å². The minimum Gasteiger partial charge on any atom is -0.496 e. The third kappa shape index (κ3) is 5.07. The van der Waals surface area contributed by atoms with E-state index in [2.05, 4.69) is 5.32 Å².